The zero-order valence-corrected chi connectivity index (χ0v) is 14.1. The molecular formula is C16H33N3O2. The second-order valence-corrected chi connectivity index (χ2v) is 7.40. The number of nitrogens with two attached hydrogens (primary N) is 1. The zero-order chi connectivity index (χ0) is 16.0. The van der Waals surface area contributed by atoms with E-state index in [1.807, 2.05) is 18.7 Å². The first kappa shape index (κ1) is 18.4. The number of aliphatic hydroxyl groups is 1. The zero-order valence-electron chi connectivity index (χ0n) is 14.1. The predicted octanol–water partition coefficient (Wildman–Crippen LogP) is 0.913. The van der Waals surface area contributed by atoms with Crippen LogP contribution in [-0.2, 0) is 4.79 Å². The van der Waals surface area contributed by atoms with Gasteiger partial charge in [0.25, 0.3) is 0 Å². The van der Waals surface area contributed by atoms with Crippen LogP contribution < -0.4 is 5.73 Å². The molecule has 1 saturated heterocycles. The molecule has 1 atom stereocenters. The molecular weight excluding hydrogens is 266 g/mol. The van der Waals surface area contributed by atoms with Crippen molar-refractivity contribution >= 4 is 5.91 Å². The molecule has 1 amide bonds. The molecule has 1 unspecified atom stereocenters. The Kier molecular flexibility index (Phi) is 7.10. The molecule has 1 aliphatic rings. The molecule has 0 bridgehead atoms. The molecule has 21 heavy (non-hydrogen) atoms. The van der Waals surface area contributed by atoms with Crippen molar-refractivity contribution < 1.29 is 9.90 Å². The number of carbonyl (C=O) groups excluding carboxylic acids is 1. The van der Waals surface area contributed by atoms with E-state index in [9.17, 15) is 9.90 Å². The van der Waals surface area contributed by atoms with Crippen molar-refractivity contribution in [1.29, 1.82) is 0 Å². The highest BCUT2D eigenvalue weighted by Crippen LogP contribution is 2.17. The largest absolute Gasteiger partial charge is 0.389 e. The number of amides is 1. The van der Waals surface area contributed by atoms with E-state index in [0.717, 1.165) is 32.6 Å². The number of piperazine rings is 1. The number of nitrogens with zero attached hydrogens (tertiary/aromatic N) is 2. The molecule has 1 rings (SSSR count). The Morgan fingerprint density at radius 3 is 2.24 bits per heavy atom. The van der Waals surface area contributed by atoms with Gasteiger partial charge in [-0.3, -0.25) is 9.69 Å². The summed E-state index contributed by atoms with van der Waals surface area (Å²) in [6.45, 7) is 12.4. The highest BCUT2D eigenvalue weighted by Gasteiger charge is 2.26. The Morgan fingerprint density at radius 1 is 1.24 bits per heavy atom. The summed E-state index contributed by atoms with van der Waals surface area (Å²) in [4.78, 5) is 16.5. The molecule has 1 heterocycles. The predicted molar refractivity (Wildman–Crippen MR) is 85.9 cm³/mol. The van der Waals surface area contributed by atoms with E-state index in [-0.39, 0.29) is 5.91 Å². The van der Waals surface area contributed by atoms with Crippen molar-refractivity contribution in [2.75, 3.05) is 39.3 Å². The van der Waals surface area contributed by atoms with Crippen LogP contribution in [0.1, 0.15) is 40.5 Å². The quantitative estimate of drug-likeness (QED) is 0.733. The second kappa shape index (κ2) is 8.11. The Bertz CT molecular complexity index is 318. The normalized spacial score (nSPS) is 19.1. The number of carbonyl (C=O) groups is 1. The van der Waals surface area contributed by atoms with E-state index in [0.29, 0.717) is 31.3 Å². The van der Waals surface area contributed by atoms with Crippen molar-refractivity contribution in [3.63, 3.8) is 0 Å². The van der Waals surface area contributed by atoms with E-state index < -0.39 is 5.60 Å². The summed E-state index contributed by atoms with van der Waals surface area (Å²) in [5, 5.41) is 9.84. The van der Waals surface area contributed by atoms with Gasteiger partial charge in [0.05, 0.1) is 5.60 Å². The van der Waals surface area contributed by atoms with Gasteiger partial charge in [0, 0.05) is 39.1 Å². The van der Waals surface area contributed by atoms with E-state index >= 15 is 0 Å². The molecule has 124 valence electrons. The van der Waals surface area contributed by atoms with Gasteiger partial charge in [-0.25, -0.2) is 0 Å². The minimum atomic E-state index is -0.673. The lowest BCUT2D eigenvalue weighted by atomic mass is 9.93. The van der Waals surface area contributed by atoms with Gasteiger partial charge in [0.2, 0.25) is 5.91 Å². The van der Waals surface area contributed by atoms with Gasteiger partial charge in [0.15, 0.2) is 0 Å². The first-order chi connectivity index (χ1) is 9.71. The Morgan fingerprint density at radius 2 is 1.81 bits per heavy atom. The standard InChI is InChI=1S/C16H33N3O2/c1-13(2)9-14(11-17)10-15(20)19-7-5-18(6-8-19)12-16(3,4)21/h13-14,21H,5-12,17H2,1-4H3. The van der Waals surface area contributed by atoms with E-state index in [2.05, 4.69) is 18.7 Å². The molecule has 5 heteroatoms. The third-order valence-corrected chi connectivity index (χ3v) is 3.94. The summed E-state index contributed by atoms with van der Waals surface area (Å²) in [5.41, 5.74) is 5.11. The SMILES string of the molecule is CC(C)CC(CN)CC(=O)N1CCN(CC(C)(C)O)CC1. The van der Waals surface area contributed by atoms with Crippen LogP contribution in [0.15, 0.2) is 0 Å². The molecule has 0 spiro atoms. The van der Waals surface area contributed by atoms with Crippen molar-refractivity contribution in [3.8, 4) is 0 Å². The maximum Gasteiger partial charge on any atom is 0.222 e. The molecule has 0 aromatic rings. The fourth-order valence-corrected chi connectivity index (χ4v) is 3.01. The fourth-order valence-electron chi connectivity index (χ4n) is 3.01. The van der Waals surface area contributed by atoms with Crippen LogP contribution in [0.5, 0.6) is 0 Å². The van der Waals surface area contributed by atoms with Gasteiger partial charge in [-0.15, -0.1) is 0 Å². The number of hydrogen-bond acceptors (Lipinski definition) is 4. The van der Waals surface area contributed by atoms with Crippen LogP contribution in [-0.4, -0.2) is 65.7 Å². The Balaban J connectivity index is 2.37. The number of hydrogen-bond donors (Lipinski definition) is 2. The third kappa shape index (κ3) is 7.25. The minimum Gasteiger partial charge on any atom is -0.389 e. The van der Waals surface area contributed by atoms with Crippen LogP contribution in [0, 0.1) is 11.8 Å². The van der Waals surface area contributed by atoms with Crippen LogP contribution in [0.4, 0.5) is 0 Å². The summed E-state index contributed by atoms with van der Waals surface area (Å²) >= 11 is 0. The highest BCUT2D eigenvalue weighted by atomic mass is 16.3. The van der Waals surface area contributed by atoms with Gasteiger partial charge in [-0.2, -0.15) is 0 Å². The van der Waals surface area contributed by atoms with Crippen LogP contribution >= 0.6 is 0 Å². The van der Waals surface area contributed by atoms with Crippen LogP contribution in [0.25, 0.3) is 0 Å². The van der Waals surface area contributed by atoms with Crippen molar-refractivity contribution in [3.05, 3.63) is 0 Å². The lowest BCUT2D eigenvalue weighted by Gasteiger charge is -2.37. The van der Waals surface area contributed by atoms with Crippen molar-refractivity contribution in [1.82, 2.24) is 9.80 Å². The van der Waals surface area contributed by atoms with Gasteiger partial charge < -0.3 is 15.7 Å². The average Bonchev–Trinajstić information content (AvgIpc) is 2.36. The summed E-state index contributed by atoms with van der Waals surface area (Å²) in [5.74, 6) is 1.11. The molecule has 1 fully saturated rings. The minimum absolute atomic E-state index is 0.231. The van der Waals surface area contributed by atoms with E-state index in [1.54, 1.807) is 0 Å². The summed E-state index contributed by atoms with van der Waals surface area (Å²) in [6, 6.07) is 0. The van der Waals surface area contributed by atoms with Gasteiger partial charge in [-0.05, 0) is 38.6 Å². The van der Waals surface area contributed by atoms with Gasteiger partial charge in [0.1, 0.15) is 0 Å². The Hall–Kier alpha value is -0.650. The maximum absolute atomic E-state index is 12.3. The first-order valence-electron chi connectivity index (χ1n) is 8.14. The summed E-state index contributed by atoms with van der Waals surface area (Å²) < 4.78 is 0. The lowest BCUT2D eigenvalue weighted by molar-refractivity contribution is -0.134. The molecule has 0 saturated carbocycles. The smallest absolute Gasteiger partial charge is 0.222 e. The topological polar surface area (TPSA) is 69.8 Å². The monoisotopic (exact) mass is 299 g/mol. The average molecular weight is 299 g/mol. The van der Waals surface area contributed by atoms with Gasteiger partial charge >= 0.3 is 0 Å². The van der Waals surface area contributed by atoms with Crippen LogP contribution in [0.2, 0.25) is 0 Å². The van der Waals surface area contributed by atoms with Crippen molar-refractivity contribution in [2.24, 2.45) is 17.6 Å². The molecule has 0 aromatic carbocycles. The van der Waals surface area contributed by atoms with E-state index in [1.165, 1.54) is 0 Å². The fraction of sp³-hybridized carbons (Fsp3) is 0.938. The highest BCUT2D eigenvalue weighted by molar-refractivity contribution is 5.76. The summed E-state index contributed by atoms with van der Waals surface area (Å²) in [7, 11) is 0. The lowest BCUT2D eigenvalue weighted by Crippen LogP contribution is -2.52. The first-order valence-corrected chi connectivity index (χ1v) is 8.14. The van der Waals surface area contributed by atoms with Crippen LogP contribution in [0.3, 0.4) is 0 Å². The molecule has 5 nitrogen and oxygen atoms in total. The number of rotatable bonds is 7. The Labute approximate surface area is 129 Å². The van der Waals surface area contributed by atoms with E-state index in [4.69, 9.17) is 5.73 Å². The van der Waals surface area contributed by atoms with Gasteiger partial charge in [-0.1, -0.05) is 13.8 Å². The molecule has 0 radical (unpaired) electrons. The maximum atomic E-state index is 12.3. The molecule has 1 aliphatic heterocycles. The number of β-amino-alcohol motifs (C(OH)–C–C–N with tert-alkyl or cyclic N) is 1. The second-order valence-electron chi connectivity index (χ2n) is 7.40. The molecule has 0 aromatic heterocycles. The van der Waals surface area contributed by atoms with Crippen molar-refractivity contribution in [2.45, 2.75) is 46.1 Å². The third-order valence-electron chi connectivity index (χ3n) is 3.94. The molecule has 0 aliphatic carbocycles. The molecule has 3 N–H and O–H groups in total. The summed E-state index contributed by atoms with van der Waals surface area (Å²) in [6.07, 6.45) is 1.58.